The molecule has 5 rings (SSSR count). The van der Waals surface area contributed by atoms with E-state index in [-0.39, 0.29) is 30.4 Å². The van der Waals surface area contributed by atoms with E-state index < -0.39 is 6.04 Å². The lowest BCUT2D eigenvalue weighted by atomic mass is 9.43. The minimum atomic E-state index is -0.394. The van der Waals surface area contributed by atoms with Gasteiger partial charge in [0.15, 0.2) is 0 Å². The molecule has 1 unspecified atom stereocenters. The second kappa shape index (κ2) is 6.07. The highest BCUT2D eigenvalue weighted by Crippen LogP contribution is 2.66. The molecule has 0 aromatic rings. The Balaban J connectivity index is 1.49. The van der Waals surface area contributed by atoms with Gasteiger partial charge in [0.25, 0.3) is 0 Å². The number of nitrogens with two attached hydrogens (primary N) is 1. The smallest absolute Gasteiger partial charge is 0.405 e. The maximum absolute atomic E-state index is 12.3. The van der Waals surface area contributed by atoms with Crippen LogP contribution < -0.4 is 5.73 Å². The highest BCUT2D eigenvalue weighted by atomic mass is 16.7. The summed E-state index contributed by atoms with van der Waals surface area (Å²) < 4.78 is 13.1. The van der Waals surface area contributed by atoms with Gasteiger partial charge in [0.1, 0.15) is 5.78 Å². The molecular weight excluding hydrogens is 313 g/mol. The van der Waals surface area contributed by atoms with Gasteiger partial charge in [-0.25, -0.2) is 0 Å². The van der Waals surface area contributed by atoms with Crippen molar-refractivity contribution in [1.29, 1.82) is 0 Å². The normalized spacial score (nSPS) is 41.5. The Morgan fingerprint density at radius 3 is 2.56 bits per heavy atom. The Bertz CT molecular complexity index is 547. The zero-order valence-corrected chi connectivity index (χ0v) is 16.3. The molecule has 2 bridgehead atoms. The van der Waals surface area contributed by atoms with Gasteiger partial charge in [-0.2, -0.15) is 0 Å². The van der Waals surface area contributed by atoms with E-state index in [9.17, 15) is 4.79 Å². The van der Waals surface area contributed by atoms with Crippen LogP contribution in [0.1, 0.15) is 72.6 Å². The number of hydrogen-bond acceptors (Lipinski definition) is 4. The molecular formula is C20H34BNO3. The fourth-order valence-corrected chi connectivity index (χ4v) is 5.99. The fourth-order valence-electron chi connectivity index (χ4n) is 5.99. The molecule has 0 radical (unpaired) electrons. The van der Waals surface area contributed by atoms with Gasteiger partial charge >= 0.3 is 7.12 Å². The number of rotatable bonds is 6. The molecule has 5 heteroatoms. The van der Waals surface area contributed by atoms with Crippen LogP contribution in [0, 0.1) is 23.2 Å². The maximum atomic E-state index is 12.3. The van der Waals surface area contributed by atoms with Crippen LogP contribution in [0.5, 0.6) is 0 Å². The van der Waals surface area contributed by atoms with Gasteiger partial charge in [-0.3, -0.25) is 4.79 Å². The summed E-state index contributed by atoms with van der Waals surface area (Å²) in [5.74, 6) is 2.36. The van der Waals surface area contributed by atoms with Crippen molar-refractivity contribution in [3.05, 3.63) is 0 Å². The summed E-state index contributed by atoms with van der Waals surface area (Å²) in [6, 6.07) is -0.394. The molecule has 0 aromatic heterocycles. The first-order valence-electron chi connectivity index (χ1n) is 10.3. The molecule has 5 aliphatic rings. The highest BCUT2D eigenvalue weighted by molar-refractivity contribution is 6.47. The predicted molar refractivity (Wildman–Crippen MR) is 99.1 cm³/mol. The Morgan fingerprint density at radius 2 is 2.00 bits per heavy atom. The van der Waals surface area contributed by atoms with Crippen molar-refractivity contribution in [2.75, 3.05) is 0 Å². The zero-order chi connectivity index (χ0) is 18.0. The van der Waals surface area contributed by atoms with Crippen molar-refractivity contribution in [2.24, 2.45) is 28.9 Å². The summed E-state index contributed by atoms with van der Waals surface area (Å²) in [5.41, 5.74) is 6.01. The van der Waals surface area contributed by atoms with E-state index >= 15 is 0 Å². The number of carbonyl (C=O) groups excluding carboxylic acids is 1. The van der Waals surface area contributed by atoms with Crippen molar-refractivity contribution >= 4 is 12.9 Å². The number of hydrogen-bond donors (Lipinski definition) is 1. The summed E-state index contributed by atoms with van der Waals surface area (Å²) in [5, 5.41) is 0. The van der Waals surface area contributed by atoms with Gasteiger partial charge in [0, 0.05) is 12.2 Å². The van der Waals surface area contributed by atoms with Crippen molar-refractivity contribution in [3.63, 3.8) is 0 Å². The van der Waals surface area contributed by atoms with Gasteiger partial charge in [-0.15, -0.1) is 0 Å². The topological polar surface area (TPSA) is 61.6 Å². The number of Topliss-reactive ketones (excluding diaryl/α,β-unsaturated/α-hetero) is 1. The first-order chi connectivity index (χ1) is 11.7. The molecule has 0 aromatic carbocycles. The number of ketones is 1. The molecule has 5 fully saturated rings. The highest BCUT2D eigenvalue weighted by Gasteiger charge is 2.68. The third-order valence-corrected chi connectivity index (χ3v) is 8.19. The monoisotopic (exact) mass is 347 g/mol. The lowest BCUT2D eigenvalue weighted by molar-refractivity contribution is -0.199. The van der Waals surface area contributed by atoms with Crippen molar-refractivity contribution in [1.82, 2.24) is 0 Å². The molecule has 25 heavy (non-hydrogen) atoms. The largest absolute Gasteiger partial charge is 0.461 e. The Labute approximate surface area is 152 Å². The van der Waals surface area contributed by atoms with E-state index in [2.05, 4.69) is 20.8 Å². The van der Waals surface area contributed by atoms with Crippen LogP contribution >= 0.6 is 0 Å². The molecule has 2 N–H and O–H groups in total. The molecule has 4 aliphatic carbocycles. The molecule has 1 heterocycles. The molecule has 4 saturated carbocycles. The SMILES string of the molecule is CC(N)C(=O)C[C@@H](CC1CCC1)B1O[C@@H]2C[C@@H]3C[C@@H](C3(C)C)[C@]2(C)O1. The van der Waals surface area contributed by atoms with Crippen LogP contribution in [-0.2, 0) is 14.1 Å². The van der Waals surface area contributed by atoms with E-state index in [1.54, 1.807) is 6.92 Å². The average Bonchev–Trinajstić information content (AvgIpc) is 2.85. The Hall–Kier alpha value is -0.385. The molecule has 4 nitrogen and oxygen atoms in total. The first kappa shape index (κ1) is 18.0. The molecule has 0 spiro atoms. The van der Waals surface area contributed by atoms with Crippen molar-refractivity contribution in [3.8, 4) is 0 Å². The van der Waals surface area contributed by atoms with Crippen LogP contribution in [0.15, 0.2) is 0 Å². The molecule has 0 amide bonds. The van der Waals surface area contributed by atoms with Crippen LogP contribution in [0.4, 0.5) is 0 Å². The minimum absolute atomic E-state index is 0.140. The van der Waals surface area contributed by atoms with Crippen LogP contribution in [0.25, 0.3) is 0 Å². The van der Waals surface area contributed by atoms with Crippen LogP contribution in [0.3, 0.4) is 0 Å². The third-order valence-electron chi connectivity index (χ3n) is 8.19. The van der Waals surface area contributed by atoms with Gasteiger partial charge in [-0.05, 0) is 56.3 Å². The average molecular weight is 347 g/mol. The summed E-state index contributed by atoms with van der Waals surface area (Å²) >= 11 is 0. The lowest BCUT2D eigenvalue weighted by Gasteiger charge is -2.64. The van der Waals surface area contributed by atoms with Gasteiger partial charge in [-0.1, -0.05) is 33.1 Å². The molecule has 1 saturated heterocycles. The van der Waals surface area contributed by atoms with Gasteiger partial charge in [0.05, 0.1) is 17.7 Å². The van der Waals surface area contributed by atoms with E-state index in [4.69, 9.17) is 15.0 Å². The first-order valence-corrected chi connectivity index (χ1v) is 10.3. The zero-order valence-electron chi connectivity index (χ0n) is 16.3. The van der Waals surface area contributed by atoms with Crippen LogP contribution in [0.2, 0.25) is 5.82 Å². The van der Waals surface area contributed by atoms with Crippen molar-refractivity contribution in [2.45, 2.75) is 96.2 Å². The predicted octanol–water partition coefficient (Wildman–Crippen LogP) is 3.58. The Morgan fingerprint density at radius 1 is 1.28 bits per heavy atom. The minimum Gasteiger partial charge on any atom is -0.405 e. The summed E-state index contributed by atoms with van der Waals surface area (Å²) in [4.78, 5) is 12.3. The van der Waals surface area contributed by atoms with E-state index in [0.29, 0.717) is 17.8 Å². The van der Waals surface area contributed by atoms with E-state index in [1.165, 1.54) is 25.7 Å². The Kier molecular flexibility index (Phi) is 4.37. The number of carbonyl (C=O) groups is 1. The second-order valence-corrected chi connectivity index (χ2v) is 10.1. The standard InChI is InChI=1S/C20H34BNO3/c1-12(22)16(23)11-15(8-13-6-5-7-13)21-24-18-10-14-9-17(19(14,2)3)20(18,4)25-21/h12-15,17-18H,5-11,22H2,1-4H3/t12?,14-,15+,17-,18+,20-/m0/s1. The molecule has 1 aliphatic heterocycles. The second-order valence-electron chi connectivity index (χ2n) is 10.1. The van der Waals surface area contributed by atoms with Crippen LogP contribution in [-0.4, -0.2) is 30.6 Å². The summed E-state index contributed by atoms with van der Waals surface area (Å²) in [6.07, 6.45) is 8.01. The van der Waals surface area contributed by atoms with Gasteiger partial charge < -0.3 is 15.0 Å². The quantitative estimate of drug-likeness (QED) is 0.746. The third kappa shape index (κ3) is 2.81. The molecule has 140 valence electrons. The summed E-state index contributed by atoms with van der Waals surface area (Å²) in [6.45, 7) is 8.82. The van der Waals surface area contributed by atoms with Gasteiger partial charge in [0.2, 0.25) is 0 Å². The van der Waals surface area contributed by atoms with E-state index in [0.717, 1.165) is 24.7 Å². The summed E-state index contributed by atoms with van der Waals surface area (Å²) in [7, 11) is -0.228. The fraction of sp³-hybridized carbons (Fsp3) is 0.950. The molecule has 6 atom stereocenters. The van der Waals surface area contributed by atoms with Crippen molar-refractivity contribution < 1.29 is 14.1 Å². The van der Waals surface area contributed by atoms with E-state index in [1.807, 2.05) is 0 Å². The maximum Gasteiger partial charge on any atom is 0.461 e. The lowest BCUT2D eigenvalue weighted by Crippen LogP contribution is -2.65.